The van der Waals surface area contributed by atoms with Crippen LogP contribution in [0.3, 0.4) is 0 Å². The Morgan fingerprint density at radius 2 is 1.92 bits per heavy atom. The summed E-state index contributed by atoms with van der Waals surface area (Å²) in [6.07, 6.45) is 13.2. The smallest absolute Gasteiger partial charge is 0.244 e. The summed E-state index contributed by atoms with van der Waals surface area (Å²) in [4.78, 5) is 21.6. The maximum atomic E-state index is 12.8. The highest BCUT2D eigenvalue weighted by atomic mass is 16.2. The van der Waals surface area contributed by atoms with Crippen molar-refractivity contribution in [1.29, 1.82) is 0 Å². The Bertz CT molecular complexity index is 683. The number of aromatic nitrogens is 1. The van der Waals surface area contributed by atoms with Crippen molar-refractivity contribution in [2.75, 3.05) is 38.0 Å². The van der Waals surface area contributed by atoms with Gasteiger partial charge in [-0.15, -0.1) is 0 Å². The van der Waals surface area contributed by atoms with Crippen molar-refractivity contribution < 1.29 is 4.79 Å². The van der Waals surface area contributed by atoms with Crippen molar-refractivity contribution in [3.05, 3.63) is 61.0 Å². The highest BCUT2D eigenvalue weighted by molar-refractivity contribution is 6.00. The third-order valence-corrected chi connectivity index (χ3v) is 5.16. The molecule has 1 N–H and O–H groups in total. The molecule has 2 fully saturated rings. The lowest BCUT2D eigenvalue weighted by atomic mass is 10.1. The molecule has 2 heterocycles. The van der Waals surface area contributed by atoms with E-state index in [9.17, 15) is 4.79 Å². The third kappa shape index (κ3) is 4.48. The summed E-state index contributed by atoms with van der Waals surface area (Å²) in [6.45, 7) is 10.7. The number of hydrogen-bond acceptors (Lipinski definition) is 4. The predicted octanol–water partition coefficient (Wildman–Crippen LogP) is 2.86. The van der Waals surface area contributed by atoms with Gasteiger partial charge in [0.15, 0.2) is 0 Å². The SMILES string of the molecule is C=C/C=C\C=C(/C)CN1CCN(C2(C(=O)Nc3ccncc3)CC2)CC1. The fourth-order valence-electron chi connectivity index (χ4n) is 3.53. The number of nitrogens with one attached hydrogen (secondary N) is 1. The first-order valence-corrected chi connectivity index (χ1v) is 9.28. The van der Waals surface area contributed by atoms with E-state index in [1.807, 2.05) is 24.3 Å². The van der Waals surface area contributed by atoms with Crippen LogP contribution in [0, 0.1) is 0 Å². The van der Waals surface area contributed by atoms with E-state index in [1.165, 1.54) is 5.57 Å². The zero-order valence-electron chi connectivity index (χ0n) is 15.5. The minimum absolute atomic E-state index is 0.128. The number of carbonyl (C=O) groups excluding carboxylic acids is 1. The van der Waals surface area contributed by atoms with Crippen LogP contribution in [0.2, 0.25) is 0 Å². The molecular formula is C21H28N4O. The van der Waals surface area contributed by atoms with E-state index in [2.05, 4.69) is 39.7 Å². The second kappa shape index (κ2) is 8.43. The molecule has 5 heteroatoms. The molecule has 26 heavy (non-hydrogen) atoms. The van der Waals surface area contributed by atoms with Gasteiger partial charge < -0.3 is 5.32 Å². The third-order valence-electron chi connectivity index (χ3n) is 5.16. The normalized spacial score (nSPS) is 20.9. The molecule has 0 spiro atoms. The molecule has 138 valence electrons. The maximum Gasteiger partial charge on any atom is 0.244 e. The summed E-state index contributed by atoms with van der Waals surface area (Å²) >= 11 is 0. The fraction of sp³-hybridized carbons (Fsp3) is 0.429. The summed E-state index contributed by atoms with van der Waals surface area (Å²) in [7, 11) is 0. The first kappa shape index (κ1) is 18.5. The number of pyridine rings is 1. The van der Waals surface area contributed by atoms with E-state index in [0.717, 1.165) is 51.3 Å². The maximum absolute atomic E-state index is 12.8. The van der Waals surface area contributed by atoms with Crippen LogP contribution in [0.4, 0.5) is 5.69 Å². The van der Waals surface area contributed by atoms with E-state index in [0.29, 0.717) is 0 Å². The Morgan fingerprint density at radius 3 is 2.54 bits per heavy atom. The Hall–Kier alpha value is -2.24. The number of carbonyl (C=O) groups is 1. The molecule has 1 saturated carbocycles. The van der Waals surface area contributed by atoms with Crippen molar-refractivity contribution in [3.8, 4) is 0 Å². The molecule has 1 aromatic heterocycles. The molecule has 1 aliphatic carbocycles. The summed E-state index contributed by atoms with van der Waals surface area (Å²) in [5.41, 5.74) is 1.86. The Kier molecular flexibility index (Phi) is 6.01. The van der Waals surface area contributed by atoms with Crippen LogP contribution in [0.1, 0.15) is 19.8 Å². The number of amides is 1. The van der Waals surface area contributed by atoms with Gasteiger partial charge in [0.2, 0.25) is 5.91 Å². The van der Waals surface area contributed by atoms with Crippen molar-refractivity contribution in [2.45, 2.75) is 25.3 Å². The highest BCUT2D eigenvalue weighted by Crippen LogP contribution is 2.43. The number of piperazine rings is 1. The van der Waals surface area contributed by atoms with Crippen LogP contribution in [-0.4, -0.2) is 59.0 Å². The summed E-state index contributed by atoms with van der Waals surface area (Å²) in [5.74, 6) is 0.128. The van der Waals surface area contributed by atoms with Crippen LogP contribution in [0.25, 0.3) is 0 Å². The first-order valence-electron chi connectivity index (χ1n) is 9.28. The molecular weight excluding hydrogens is 324 g/mol. The van der Waals surface area contributed by atoms with Gasteiger partial charge in [-0.25, -0.2) is 0 Å². The summed E-state index contributed by atoms with van der Waals surface area (Å²) in [5, 5.41) is 3.06. The van der Waals surface area contributed by atoms with E-state index >= 15 is 0 Å². The minimum Gasteiger partial charge on any atom is -0.324 e. The monoisotopic (exact) mass is 352 g/mol. The van der Waals surface area contributed by atoms with Gasteiger partial charge in [0.05, 0.1) is 0 Å². The Labute approximate surface area is 156 Å². The lowest BCUT2D eigenvalue weighted by Gasteiger charge is -2.39. The van der Waals surface area contributed by atoms with Gasteiger partial charge in [-0.05, 0) is 31.9 Å². The lowest BCUT2D eigenvalue weighted by Crippen LogP contribution is -2.55. The van der Waals surface area contributed by atoms with Crippen molar-refractivity contribution in [1.82, 2.24) is 14.8 Å². The molecule has 1 saturated heterocycles. The molecule has 0 atom stereocenters. The predicted molar refractivity (Wildman–Crippen MR) is 106 cm³/mol. The highest BCUT2D eigenvalue weighted by Gasteiger charge is 2.54. The minimum atomic E-state index is -0.299. The van der Waals surface area contributed by atoms with E-state index in [-0.39, 0.29) is 11.4 Å². The molecule has 1 aromatic rings. The number of rotatable bonds is 7. The topological polar surface area (TPSA) is 48.5 Å². The summed E-state index contributed by atoms with van der Waals surface area (Å²) in [6, 6.07) is 3.67. The quantitative estimate of drug-likeness (QED) is 0.767. The molecule has 3 rings (SSSR count). The second-order valence-electron chi connectivity index (χ2n) is 7.12. The van der Waals surface area contributed by atoms with Crippen LogP contribution in [-0.2, 0) is 4.79 Å². The molecule has 1 amide bonds. The van der Waals surface area contributed by atoms with E-state index in [4.69, 9.17) is 0 Å². The molecule has 0 radical (unpaired) electrons. The van der Waals surface area contributed by atoms with Gasteiger partial charge in [-0.3, -0.25) is 19.6 Å². The zero-order chi connectivity index (χ0) is 18.4. The van der Waals surface area contributed by atoms with Crippen LogP contribution in [0.15, 0.2) is 61.0 Å². The second-order valence-corrected chi connectivity index (χ2v) is 7.12. The molecule has 0 aromatic carbocycles. The first-order chi connectivity index (χ1) is 12.6. The van der Waals surface area contributed by atoms with Crippen molar-refractivity contribution >= 4 is 11.6 Å². The van der Waals surface area contributed by atoms with E-state index in [1.54, 1.807) is 18.5 Å². The van der Waals surface area contributed by atoms with Gasteiger partial charge in [0.1, 0.15) is 5.54 Å². The van der Waals surface area contributed by atoms with Gasteiger partial charge in [0.25, 0.3) is 0 Å². The largest absolute Gasteiger partial charge is 0.324 e. The number of allylic oxidation sites excluding steroid dienone is 4. The van der Waals surface area contributed by atoms with Crippen LogP contribution >= 0.6 is 0 Å². The average Bonchev–Trinajstić information content (AvgIpc) is 3.45. The van der Waals surface area contributed by atoms with Crippen molar-refractivity contribution in [3.63, 3.8) is 0 Å². The molecule has 0 bridgehead atoms. The zero-order valence-corrected chi connectivity index (χ0v) is 15.5. The van der Waals surface area contributed by atoms with Crippen LogP contribution < -0.4 is 5.32 Å². The van der Waals surface area contributed by atoms with Gasteiger partial charge in [-0.2, -0.15) is 0 Å². The number of hydrogen-bond donors (Lipinski definition) is 1. The molecule has 2 aliphatic rings. The number of anilines is 1. The standard InChI is InChI=1S/C21H28N4O/c1-3-4-5-6-18(2)17-24-13-15-25(16-14-24)21(9-10-21)20(26)23-19-7-11-22-12-8-19/h3-8,11-12H,1,9-10,13-17H2,2H3,(H,22,23,26)/b5-4-,18-6+. The number of nitrogens with zero attached hydrogens (tertiary/aromatic N) is 3. The summed E-state index contributed by atoms with van der Waals surface area (Å²) < 4.78 is 0. The fourth-order valence-corrected chi connectivity index (χ4v) is 3.53. The lowest BCUT2D eigenvalue weighted by molar-refractivity contribution is -0.123. The van der Waals surface area contributed by atoms with Gasteiger partial charge in [0, 0.05) is 50.8 Å². The van der Waals surface area contributed by atoms with Gasteiger partial charge in [-0.1, -0.05) is 36.5 Å². The Balaban J connectivity index is 1.51. The van der Waals surface area contributed by atoms with Crippen molar-refractivity contribution in [2.24, 2.45) is 0 Å². The van der Waals surface area contributed by atoms with Crippen LogP contribution in [0.5, 0.6) is 0 Å². The Morgan fingerprint density at radius 1 is 1.23 bits per heavy atom. The van der Waals surface area contributed by atoms with Gasteiger partial charge >= 0.3 is 0 Å². The molecule has 0 unspecified atom stereocenters. The average molecular weight is 352 g/mol. The van der Waals surface area contributed by atoms with E-state index < -0.39 is 0 Å². The molecule has 5 nitrogen and oxygen atoms in total. The molecule has 1 aliphatic heterocycles.